The first kappa shape index (κ1) is 11.0. The lowest BCUT2D eigenvalue weighted by atomic mass is 10.0. The molecule has 1 heterocycles. The number of rotatable bonds is 3. The number of carbonyl (C=O) groups is 1. The van der Waals surface area contributed by atoms with Crippen LogP contribution in [0.25, 0.3) is 0 Å². The van der Waals surface area contributed by atoms with Crippen molar-refractivity contribution in [3.05, 3.63) is 29.3 Å². The first-order valence-corrected chi connectivity index (χ1v) is 5.28. The third-order valence-electron chi connectivity index (χ3n) is 2.71. The van der Waals surface area contributed by atoms with E-state index in [9.17, 15) is 4.79 Å². The van der Waals surface area contributed by atoms with Gasteiger partial charge in [0.1, 0.15) is 11.8 Å². The van der Waals surface area contributed by atoms with Crippen LogP contribution in [0.4, 0.5) is 0 Å². The van der Waals surface area contributed by atoms with Gasteiger partial charge in [0.05, 0.1) is 13.7 Å². The van der Waals surface area contributed by atoms with E-state index in [1.807, 2.05) is 18.2 Å². The maximum Gasteiger partial charge on any atom is 0.322 e. The molecule has 0 aromatic heterocycles. The standard InChI is InChI=1S/C12H15NO3/c1-15-12(14)10(13)7-8-2-3-11-9(6-8)4-5-16-11/h2-3,6,10H,4-5,7,13H2,1H3. The van der Waals surface area contributed by atoms with Gasteiger partial charge in [0, 0.05) is 6.42 Å². The molecular weight excluding hydrogens is 206 g/mol. The Kier molecular flexibility index (Phi) is 3.10. The molecule has 0 radical (unpaired) electrons. The molecule has 2 rings (SSSR count). The van der Waals surface area contributed by atoms with Crippen molar-refractivity contribution in [3.8, 4) is 5.75 Å². The van der Waals surface area contributed by atoms with Gasteiger partial charge >= 0.3 is 5.97 Å². The fourth-order valence-corrected chi connectivity index (χ4v) is 1.86. The van der Waals surface area contributed by atoms with E-state index >= 15 is 0 Å². The van der Waals surface area contributed by atoms with Gasteiger partial charge in [-0.15, -0.1) is 0 Å². The van der Waals surface area contributed by atoms with E-state index in [4.69, 9.17) is 10.5 Å². The van der Waals surface area contributed by atoms with Gasteiger partial charge in [-0.2, -0.15) is 0 Å². The summed E-state index contributed by atoms with van der Waals surface area (Å²) in [5.41, 5.74) is 7.93. The Morgan fingerprint density at radius 3 is 3.19 bits per heavy atom. The summed E-state index contributed by atoms with van der Waals surface area (Å²) in [6, 6.07) is 5.32. The third-order valence-corrected chi connectivity index (χ3v) is 2.71. The SMILES string of the molecule is COC(=O)C(N)Cc1ccc2c(c1)CCO2. The van der Waals surface area contributed by atoms with E-state index in [-0.39, 0.29) is 5.97 Å². The molecule has 1 aliphatic heterocycles. The second-order valence-electron chi connectivity index (χ2n) is 3.87. The summed E-state index contributed by atoms with van der Waals surface area (Å²) >= 11 is 0. The lowest BCUT2D eigenvalue weighted by molar-refractivity contribution is -0.142. The van der Waals surface area contributed by atoms with E-state index in [2.05, 4.69) is 4.74 Å². The van der Waals surface area contributed by atoms with Crippen LogP contribution in [0.5, 0.6) is 5.75 Å². The van der Waals surface area contributed by atoms with Crippen LogP contribution in [-0.4, -0.2) is 25.7 Å². The zero-order valence-electron chi connectivity index (χ0n) is 9.23. The number of carbonyl (C=O) groups excluding carboxylic acids is 1. The van der Waals surface area contributed by atoms with Crippen LogP contribution in [0.3, 0.4) is 0 Å². The monoisotopic (exact) mass is 221 g/mol. The van der Waals surface area contributed by atoms with Crippen molar-refractivity contribution >= 4 is 5.97 Å². The van der Waals surface area contributed by atoms with E-state index < -0.39 is 6.04 Å². The van der Waals surface area contributed by atoms with Crippen molar-refractivity contribution in [2.75, 3.05) is 13.7 Å². The molecule has 0 bridgehead atoms. The number of benzene rings is 1. The molecule has 2 N–H and O–H groups in total. The van der Waals surface area contributed by atoms with Crippen LogP contribution in [0.2, 0.25) is 0 Å². The minimum atomic E-state index is -0.592. The maximum atomic E-state index is 11.2. The fraction of sp³-hybridized carbons (Fsp3) is 0.417. The van der Waals surface area contributed by atoms with Gasteiger partial charge in [-0.25, -0.2) is 0 Å². The largest absolute Gasteiger partial charge is 0.493 e. The number of hydrogen-bond donors (Lipinski definition) is 1. The van der Waals surface area contributed by atoms with E-state index in [1.165, 1.54) is 12.7 Å². The highest BCUT2D eigenvalue weighted by molar-refractivity contribution is 5.75. The molecule has 1 aliphatic rings. The summed E-state index contributed by atoms with van der Waals surface area (Å²) in [6.45, 7) is 0.738. The Balaban J connectivity index is 2.08. The molecule has 0 saturated carbocycles. The van der Waals surface area contributed by atoms with Crippen LogP contribution >= 0.6 is 0 Å². The highest BCUT2D eigenvalue weighted by Crippen LogP contribution is 2.26. The Morgan fingerprint density at radius 1 is 1.62 bits per heavy atom. The Labute approximate surface area is 94.3 Å². The van der Waals surface area contributed by atoms with E-state index in [0.29, 0.717) is 6.42 Å². The van der Waals surface area contributed by atoms with E-state index in [1.54, 1.807) is 0 Å². The van der Waals surface area contributed by atoms with Crippen LogP contribution < -0.4 is 10.5 Å². The molecule has 16 heavy (non-hydrogen) atoms. The van der Waals surface area contributed by atoms with Crippen LogP contribution in [0.15, 0.2) is 18.2 Å². The number of fused-ring (bicyclic) bond motifs is 1. The molecule has 1 aromatic rings. The third kappa shape index (κ3) is 2.17. The van der Waals surface area contributed by atoms with Crippen LogP contribution in [-0.2, 0) is 22.4 Å². The molecule has 86 valence electrons. The van der Waals surface area contributed by atoms with Crippen molar-refractivity contribution < 1.29 is 14.3 Å². The minimum absolute atomic E-state index is 0.378. The van der Waals surface area contributed by atoms with Crippen molar-refractivity contribution in [2.24, 2.45) is 5.73 Å². The van der Waals surface area contributed by atoms with Crippen LogP contribution in [0, 0.1) is 0 Å². The Hall–Kier alpha value is -1.55. The average Bonchev–Trinajstić information content (AvgIpc) is 2.75. The van der Waals surface area contributed by atoms with Gasteiger partial charge in [-0.05, 0) is 23.6 Å². The summed E-state index contributed by atoms with van der Waals surface area (Å²) in [6.07, 6.45) is 1.43. The van der Waals surface area contributed by atoms with Crippen LogP contribution in [0.1, 0.15) is 11.1 Å². The predicted molar refractivity (Wildman–Crippen MR) is 59.3 cm³/mol. The summed E-state index contributed by atoms with van der Waals surface area (Å²) in [5.74, 6) is 0.562. The first-order chi connectivity index (χ1) is 7.70. The van der Waals surface area contributed by atoms with Crippen molar-refractivity contribution in [2.45, 2.75) is 18.9 Å². The summed E-state index contributed by atoms with van der Waals surface area (Å²) in [5, 5.41) is 0. The number of ether oxygens (including phenoxy) is 2. The quantitative estimate of drug-likeness (QED) is 0.762. The van der Waals surface area contributed by atoms with Crippen molar-refractivity contribution in [1.82, 2.24) is 0 Å². The van der Waals surface area contributed by atoms with Gasteiger partial charge in [-0.3, -0.25) is 4.79 Å². The van der Waals surface area contributed by atoms with Crippen molar-refractivity contribution in [1.29, 1.82) is 0 Å². The molecule has 0 amide bonds. The molecule has 1 unspecified atom stereocenters. The van der Waals surface area contributed by atoms with Gasteiger partial charge in [-0.1, -0.05) is 12.1 Å². The highest BCUT2D eigenvalue weighted by Gasteiger charge is 2.17. The van der Waals surface area contributed by atoms with Gasteiger partial charge in [0.25, 0.3) is 0 Å². The Bertz CT molecular complexity index is 403. The summed E-state index contributed by atoms with van der Waals surface area (Å²) in [7, 11) is 1.35. The average molecular weight is 221 g/mol. The van der Waals surface area contributed by atoms with Gasteiger partial charge in [0.2, 0.25) is 0 Å². The second-order valence-corrected chi connectivity index (χ2v) is 3.87. The van der Waals surface area contributed by atoms with Crippen molar-refractivity contribution in [3.63, 3.8) is 0 Å². The smallest absolute Gasteiger partial charge is 0.322 e. The lowest BCUT2D eigenvalue weighted by Crippen LogP contribution is -2.33. The zero-order chi connectivity index (χ0) is 11.5. The van der Waals surface area contributed by atoms with Gasteiger partial charge in [0.15, 0.2) is 0 Å². The molecule has 0 spiro atoms. The zero-order valence-corrected chi connectivity index (χ0v) is 9.23. The summed E-state index contributed by atoms with van der Waals surface area (Å²) in [4.78, 5) is 11.2. The van der Waals surface area contributed by atoms with Gasteiger partial charge < -0.3 is 15.2 Å². The topological polar surface area (TPSA) is 61.5 Å². The molecule has 1 aromatic carbocycles. The molecule has 0 saturated heterocycles. The molecule has 0 fully saturated rings. The summed E-state index contributed by atoms with van der Waals surface area (Å²) < 4.78 is 9.99. The molecule has 0 aliphatic carbocycles. The molecular formula is C12H15NO3. The molecule has 4 heteroatoms. The number of methoxy groups -OCH3 is 1. The minimum Gasteiger partial charge on any atom is -0.493 e. The normalized spacial score (nSPS) is 15.1. The number of hydrogen-bond acceptors (Lipinski definition) is 4. The number of nitrogens with two attached hydrogens (primary N) is 1. The van der Waals surface area contributed by atoms with E-state index in [0.717, 1.165) is 24.3 Å². The molecule has 4 nitrogen and oxygen atoms in total. The highest BCUT2D eigenvalue weighted by atomic mass is 16.5. The predicted octanol–water partition coefficient (Wildman–Crippen LogP) is 0.664. The Morgan fingerprint density at radius 2 is 2.44 bits per heavy atom. The fourth-order valence-electron chi connectivity index (χ4n) is 1.86. The first-order valence-electron chi connectivity index (χ1n) is 5.28. The maximum absolute atomic E-state index is 11.2. The second kappa shape index (κ2) is 4.53. The lowest BCUT2D eigenvalue weighted by Gasteiger charge is -2.09. The molecule has 1 atom stereocenters. The number of esters is 1.